The van der Waals surface area contributed by atoms with E-state index in [0.717, 1.165) is 6.61 Å². The Morgan fingerprint density at radius 2 is 2.00 bits per heavy atom. The van der Waals surface area contributed by atoms with Crippen LogP contribution >= 0.6 is 11.6 Å². The molecule has 0 aromatic heterocycles. The van der Waals surface area contributed by atoms with Crippen LogP contribution < -0.4 is 0 Å². The number of halogens is 1. The average Bonchev–Trinajstić information content (AvgIpc) is 1.85. The Hall–Kier alpha value is 0.0469. The minimum absolute atomic E-state index is 0.408. The van der Waals surface area contributed by atoms with Crippen molar-refractivity contribution in [1.82, 2.24) is 0 Å². The fourth-order valence-corrected chi connectivity index (χ4v) is 1.33. The van der Waals surface area contributed by atoms with Gasteiger partial charge in [0.05, 0.1) is 12.5 Å². The standard InChI is InChI=1S/C8H17ClOSi/c1-8(7-9)10-5-6-11(2,3)4/h1,5-7H2,2-4H3. The van der Waals surface area contributed by atoms with Crippen LogP contribution in [0, 0.1) is 0 Å². The van der Waals surface area contributed by atoms with Crippen molar-refractivity contribution in [2.45, 2.75) is 25.7 Å². The Balaban J connectivity index is 3.35. The van der Waals surface area contributed by atoms with Crippen LogP contribution in [0.25, 0.3) is 0 Å². The predicted molar refractivity (Wildman–Crippen MR) is 54.0 cm³/mol. The molecule has 11 heavy (non-hydrogen) atoms. The SMILES string of the molecule is C=C(CCl)OCC[Si](C)(C)C. The molecule has 0 fully saturated rings. The van der Waals surface area contributed by atoms with Gasteiger partial charge in [0.25, 0.3) is 0 Å². The van der Waals surface area contributed by atoms with Crippen LogP contribution in [0.5, 0.6) is 0 Å². The van der Waals surface area contributed by atoms with E-state index in [9.17, 15) is 0 Å². The number of rotatable bonds is 5. The summed E-state index contributed by atoms with van der Waals surface area (Å²) in [4.78, 5) is 0. The van der Waals surface area contributed by atoms with Gasteiger partial charge >= 0.3 is 0 Å². The summed E-state index contributed by atoms with van der Waals surface area (Å²) in [7, 11) is -0.946. The average molecular weight is 193 g/mol. The van der Waals surface area contributed by atoms with Gasteiger partial charge in [0.2, 0.25) is 0 Å². The maximum atomic E-state index is 5.49. The van der Waals surface area contributed by atoms with Gasteiger partial charge in [-0.1, -0.05) is 26.2 Å². The molecule has 1 nitrogen and oxygen atoms in total. The highest BCUT2D eigenvalue weighted by atomic mass is 35.5. The Kier molecular flexibility index (Phi) is 4.85. The molecule has 0 radical (unpaired) electrons. The van der Waals surface area contributed by atoms with E-state index in [1.54, 1.807) is 0 Å². The molecular weight excluding hydrogens is 176 g/mol. The Labute approximate surface area is 75.4 Å². The first-order valence-corrected chi connectivity index (χ1v) is 8.06. The number of allylic oxidation sites excluding steroid dienone is 1. The number of alkyl halides is 1. The lowest BCUT2D eigenvalue weighted by Crippen LogP contribution is -2.21. The fourth-order valence-electron chi connectivity index (χ4n) is 0.540. The van der Waals surface area contributed by atoms with Crippen LogP contribution in [-0.2, 0) is 4.74 Å². The number of ether oxygens (including phenoxy) is 1. The molecule has 0 N–H and O–H groups in total. The zero-order valence-corrected chi connectivity index (χ0v) is 9.37. The molecule has 0 unspecified atom stereocenters. The molecule has 0 aromatic carbocycles. The molecule has 0 atom stereocenters. The zero-order valence-electron chi connectivity index (χ0n) is 7.61. The van der Waals surface area contributed by atoms with Gasteiger partial charge in [-0.05, 0) is 6.04 Å². The van der Waals surface area contributed by atoms with Crippen LogP contribution in [0.4, 0.5) is 0 Å². The summed E-state index contributed by atoms with van der Waals surface area (Å²) >= 11 is 5.49. The molecule has 3 heteroatoms. The molecule has 0 aromatic rings. The van der Waals surface area contributed by atoms with Gasteiger partial charge < -0.3 is 4.74 Å². The first-order valence-electron chi connectivity index (χ1n) is 3.82. The summed E-state index contributed by atoms with van der Waals surface area (Å²) in [5.41, 5.74) is 0. The molecule has 0 heterocycles. The molecule has 0 saturated heterocycles. The smallest absolute Gasteiger partial charge is 0.104 e. The summed E-state index contributed by atoms with van der Waals surface area (Å²) in [6.07, 6.45) is 0. The predicted octanol–water partition coefficient (Wildman–Crippen LogP) is 3.09. The van der Waals surface area contributed by atoms with Crippen molar-refractivity contribution < 1.29 is 4.74 Å². The zero-order chi connectivity index (χ0) is 8.91. The van der Waals surface area contributed by atoms with Gasteiger partial charge in [0, 0.05) is 8.07 Å². The summed E-state index contributed by atoms with van der Waals surface area (Å²) in [5.74, 6) is 1.09. The van der Waals surface area contributed by atoms with Gasteiger partial charge in [-0.25, -0.2) is 0 Å². The van der Waals surface area contributed by atoms with Crippen LogP contribution in [0.15, 0.2) is 12.3 Å². The van der Waals surface area contributed by atoms with Gasteiger partial charge in [-0.2, -0.15) is 0 Å². The number of hydrogen-bond acceptors (Lipinski definition) is 1. The highest BCUT2D eigenvalue weighted by Crippen LogP contribution is 2.09. The van der Waals surface area contributed by atoms with Crippen molar-refractivity contribution in [2.24, 2.45) is 0 Å². The second-order valence-corrected chi connectivity index (χ2v) is 9.72. The summed E-state index contributed by atoms with van der Waals surface area (Å²) in [6, 6.07) is 1.17. The van der Waals surface area contributed by atoms with Gasteiger partial charge in [-0.3, -0.25) is 0 Å². The minimum atomic E-state index is -0.946. The van der Waals surface area contributed by atoms with Crippen molar-refractivity contribution in [3.05, 3.63) is 12.3 Å². The van der Waals surface area contributed by atoms with E-state index in [1.165, 1.54) is 6.04 Å². The van der Waals surface area contributed by atoms with Crippen molar-refractivity contribution in [3.63, 3.8) is 0 Å². The molecule has 0 saturated carbocycles. The normalized spacial score (nSPS) is 11.3. The molecule has 0 spiro atoms. The van der Waals surface area contributed by atoms with E-state index in [4.69, 9.17) is 16.3 Å². The first-order chi connectivity index (χ1) is 4.95. The number of hydrogen-bond donors (Lipinski definition) is 0. The van der Waals surface area contributed by atoms with Crippen LogP contribution in [-0.4, -0.2) is 20.6 Å². The first kappa shape index (κ1) is 11.0. The lowest BCUT2D eigenvalue weighted by Gasteiger charge is -2.15. The second-order valence-electron chi connectivity index (χ2n) is 3.83. The van der Waals surface area contributed by atoms with Crippen LogP contribution in [0.3, 0.4) is 0 Å². The van der Waals surface area contributed by atoms with Crippen molar-refractivity contribution in [2.75, 3.05) is 12.5 Å². The molecular formula is C8H17ClOSi. The van der Waals surface area contributed by atoms with E-state index in [0.29, 0.717) is 11.6 Å². The Bertz CT molecular complexity index is 129. The lowest BCUT2D eigenvalue weighted by molar-refractivity contribution is 0.233. The Morgan fingerprint density at radius 1 is 1.45 bits per heavy atom. The summed E-state index contributed by atoms with van der Waals surface area (Å²) < 4.78 is 5.28. The third-order valence-corrected chi connectivity index (χ3v) is 3.31. The summed E-state index contributed by atoms with van der Waals surface area (Å²) in [5, 5.41) is 0. The third kappa shape index (κ3) is 7.95. The quantitative estimate of drug-likeness (QED) is 0.370. The molecule has 66 valence electrons. The van der Waals surface area contributed by atoms with E-state index in [-0.39, 0.29) is 0 Å². The van der Waals surface area contributed by atoms with Crippen LogP contribution in [0.1, 0.15) is 0 Å². The van der Waals surface area contributed by atoms with Crippen LogP contribution in [0.2, 0.25) is 25.7 Å². The van der Waals surface area contributed by atoms with E-state index >= 15 is 0 Å². The van der Waals surface area contributed by atoms with E-state index in [1.807, 2.05) is 0 Å². The maximum absolute atomic E-state index is 5.49. The highest BCUT2D eigenvalue weighted by Gasteiger charge is 2.12. The molecule has 0 amide bonds. The monoisotopic (exact) mass is 192 g/mol. The molecule has 0 aliphatic carbocycles. The van der Waals surface area contributed by atoms with E-state index < -0.39 is 8.07 Å². The van der Waals surface area contributed by atoms with Gasteiger partial charge in [-0.15, -0.1) is 11.6 Å². The van der Waals surface area contributed by atoms with E-state index in [2.05, 4.69) is 26.2 Å². The van der Waals surface area contributed by atoms with Crippen molar-refractivity contribution in [1.29, 1.82) is 0 Å². The molecule has 0 bridgehead atoms. The van der Waals surface area contributed by atoms with Gasteiger partial charge in [0.1, 0.15) is 5.76 Å². The maximum Gasteiger partial charge on any atom is 0.104 e. The lowest BCUT2D eigenvalue weighted by atomic mass is 10.6. The highest BCUT2D eigenvalue weighted by molar-refractivity contribution is 6.76. The fraction of sp³-hybridized carbons (Fsp3) is 0.750. The molecule has 0 aliphatic rings. The summed E-state index contributed by atoms with van der Waals surface area (Å²) in [6.45, 7) is 11.4. The Morgan fingerprint density at radius 3 is 2.36 bits per heavy atom. The van der Waals surface area contributed by atoms with Crippen molar-refractivity contribution in [3.8, 4) is 0 Å². The minimum Gasteiger partial charge on any atom is -0.498 e. The van der Waals surface area contributed by atoms with Gasteiger partial charge in [0.15, 0.2) is 0 Å². The molecule has 0 rings (SSSR count). The molecule has 0 aliphatic heterocycles. The topological polar surface area (TPSA) is 9.23 Å². The van der Waals surface area contributed by atoms with Crippen molar-refractivity contribution >= 4 is 19.7 Å². The largest absolute Gasteiger partial charge is 0.498 e. The third-order valence-electron chi connectivity index (χ3n) is 1.31. The second kappa shape index (κ2) is 4.83.